The van der Waals surface area contributed by atoms with Crippen LogP contribution < -0.4 is 5.32 Å². The Hall–Kier alpha value is -0.940. The second kappa shape index (κ2) is 7.01. The van der Waals surface area contributed by atoms with Gasteiger partial charge < -0.3 is 9.84 Å². The van der Waals surface area contributed by atoms with Gasteiger partial charge in [-0.15, -0.1) is 0 Å². The summed E-state index contributed by atoms with van der Waals surface area (Å²) in [6.07, 6.45) is 5.10. The molecule has 0 radical (unpaired) electrons. The molecular weight excluding hydrogens is 240 g/mol. The molecule has 5 heteroatoms. The van der Waals surface area contributed by atoms with E-state index in [1.807, 2.05) is 7.05 Å². The number of nitrogens with zero attached hydrogens (tertiary/aromatic N) is 3. The van der Waals surface area contributed by atoms with Crippen LogP contribution in [0, 0.1) is 0 Å². The van der Waals surface area contributed by atoms with E-state index in [4.69, 9.17) is 4.52 Å². The number of likely N-dealkylation sites (tertiary alicyclic amines) is 1. The lowest BCUT2D eigenvalue weighted by Gasteiger charge is -2.34. The van der Waals surface area contributed by atoms with Crippen molar-refractivity contribution in [2.45, 2.75) is 58.0 Å². The molecule has 1 aliphatic heterocycles. The zero-order valence-electron chi connectivity index (χ0n) is 12.4. The van der Waals surface area contributed by atoms with Gasteiger partial charge in [-0.25, -0.2) is 0 Å². The fourth-order valence-corrected chi connectivity index (χ4v) is 2.65. The van der Waals surface area contributed by atoms with Crippen molar-refractivity contribution in [2.24, 2.45) is 0 Å². The van der Waals surface area contributed by atoms with Gasteiger partial charge in [-0.2, -0.15) is 4.98 Å². The van der Waals surface area contributed by atoms with Crippen LogP contribution in [0.2, 0.25) is 0 Å². The van der Waals surface area contributed by atoms with Gasteiger partial charge in [0.1, 0.15) is 0 Å². The van der Waals surface area contributed by atoms with Gasteiger partial charge in [0.2, 0.25) is 5.89 Å². The van der Waals surface area contributed by atoms with Gasteiger partial charge in [0.05, 0.1) is 6.54 Å². The van der Waals surface area contributed by atoms with Gasteiger partial charge in [-0.05, 0) is 39.4 Å². The number of piperidine rings is 1. The molecule has 1 aromatic rings. The molecule has 1 aliphatic rings. The predicted molar refractivity (Wildman–Crippen MR) is 75.0 cm³/mol. The largest absolute Gasteiger partial charge is 0.338 e. The molecule has 0 amide bonds. The lowest BCUT2D eigenvalue weighted by atomic mass is 9.99. The Morgan fingerprint density at radius 2 is 2.26 bits per heavy atom. The maximum Gasteiger partial charge on any atom is 0.240 e. The number of nitrogens with one attached hydrogen (secondary N) is 1. The smallest absolute Gasteiger partial charge is 0.240 e. The van der Waals surface area contributed by atoms with Crippen molar-refractivity contribution in [3.05, 3.63) is 11.7 Å². The summed E-state index contributed by atoms with van der Waals surface area (Å²) in [5.74, 6) is 1.91. The van der Waals surface area contributed by atoms with Crippen LogP contribution in [0.4, 0.5) is 0 Å². The van der Waals surface area contributed by atoms with Crippen molar-refractivity contribution < 1.29 is 4.52 Å². The molecule has 5 nitrogen and oxygen atoms in total. The van der Waals surface area contributed by atoms with Crippen LogP contribution in [-0.2, 0) is 6.54 Å². The normalized spacial score (nSPS) is 21.2. The molecule has 1 unspecified atom stereocenters. The quantitative estimate of drug-likeness (QED) is 0.855. The Balaban J connectivity index is 1.94. The highest BCUT2D eigenvalue weighted by atomic mass is 16.5. The molecule has 1 atom stereocenters. The summed E-state index contributed by atoms with van der Waals surface area (Å²) >= 11 is 0. The van der Waals surface area contributed by atoms with Gasteiger partial charge >= 0.3 is 0 Å². The summed E-state index contributed by atoms with van der Waals surface area (Å²) in [5, 5.41) is 7.28. The van der Waals surface area contributed by atoms with Crippen molar-refractivity contribution in [2.75, 3.05) is 20.1 Å². The molecule has 0 spiro atoms. The zero-order chi connectivity index (χ0) is 13.7. The fourth-order valence-electron chi connectivity index (χ4n) is 2.65. The molecule has 2 heterocycles. The fraction of sp³-hybridized carbons (Fsp3) is 0.857. The molecular formula is C14H26N4O. The van der Waals surface area contributed by atoms with Gasteiger partial charge in [0, 0.05) is 12.0 Å². The number of hydrogen-bond acceptors (Lipinski definition) is 5. The SMILES string of the molecule is CNCCC1CCCCN1Cc1nc(C(C)C)no1. The summed E-state index contributed by atoms with van der Waals surface area (Å²) in [5.41, 5.74) is 0. The highest BCUT2D eigenvalue weighted by Gasteiger charge is 2.24. The van der Waals surface area contributed by atoms with Crippen molar-refractivity contribution in [3.8, 4) is 0 Å². The van der Waals surface area contributed by atoms with E-state index in [2.05, 4.69) is 34.2 Å². The summed E-state index contributed by atoms with van der Waals surface area (Å²) in [4.78, 5) is 6.98. The van der Waals surface area contributed by atoms with E-state index in [0.717, 1.165) is 31.3 Å². The van der Waals surface area contributed by atoms with E-state index in [1.54, 1.807) is 0 Å². The maximum atomic E-state index is 5.36. The highest BCUT2D eigenvalue weighted by Crippen LogP contribution is 2.21. The molecule has 1 aromatic heterocycles. The van der Waals surface area contributed by atoms with Crippen LogP contribution in [0.25, 0.3) is 0 Å². The standard InChI is InChI=1S/C14H26N4O/c1-11(2)14-16-13(19-17-14)10-18-9-5-4-6-12(18)7-8-15-3/h11-12,15H,4-10H2,1-3H3. The molecule has 108 valence electrons. The van der Waals surface area contributed by atoms with Crippen LogP contribution in [0.1, 0.15) is 57.2 Å². The topological polar surface area (TPSA) is 54.2 Å². The first-order valence-electron chi connectivity index (χ1n) is 7.42. The monoisotopic (exact) mass is 266 g/mol. The summed E-state index contributed by atoms with van der Waals surface area (Å²) in [6.45, 7) is 7.20. The second-order valence-electron chi connectivity index (χ2n) is 5.71. The summed E-state index contributed by atoms with van der Waals surface area (Å²) < 4.78 is 5.36. The molecule has 19 heavy (non-hydrogen) atoms. The minimum absolute atomic E-state index is 0.332. The molecule has 0 aromatic carbocycles. The summed E-state index contributed by atoms with van der Waals surface area (Å²) in [6, 6.07) is 0.649. The third-order valence-corrected chi connectivity index (χ3v) is 3.82. The van der Waals surface area contributed by atoms with Gasteiger partial charge in [-0.3, -0.25) is 4.90 Å². The average molecular weight is 266 g/mol. The number of aromatic nitrogens is 2. The third kappa shape index (κ3) is 4.01. The number of rotatable bonds is 6. The van der Waals surface area contributed by atoms with Crippen molar-refractivity contribution >= 4 is 0 Å². The Kier molecular flexibility index (Phi) is 5.34. The molecule has 2 rings (SSSR count). The molecule has 1 saturated heterocycles. The Morgan fingerprint density at radius 3 is 2.95 bits per heavy atom. The van der Waals surface area contributed by atoms with Crippen LogP contribution in [-0.4, -0.2) is 41.2 Å². The van der Waals surface area contributed by atoms with E-state index in [9.17, 15) is 0 Å². The third-order valence-electron chi connectivity index (χ3n) is 3.82. The minimum atomic E-state index is 0.332. The van der Waals surface area contributed by atoms with Crippen LogP contribution in [0.5, 0.6) is 0 Å². The van der Waals surface area contributed by atoms with Crippen LogP contribution in [0.15, 0.2) is 4.52 Å². The van der Waals surface area contributed by atoms with E-state index in [0.29, 0.717) is 12.0 Å². The van der Waals surface area contributed by atoms with E-state index < -0.39 is 0 Å². The van der Waals surface area contributed by atoms with Gasteiger partial charge in [0.25, 0.3) is 0 Å². The average Bonchev–Trinajstić information content (AvgIpc) is 2.86. The highest BCUT2D eigenvalue weighted by molar-refractivity contribution is 4.92. The summed E-state index contributed by atoms with van der Waals surface area (Å²) in [7, 11) is 2.01. The number of hydrogen-bond donors (Lipinski definition) is 1. The molecule has 0 saturated carbocycles. The molecule has 1 N–H and O–H groups in total. The first kappa shape index (κ1) is 14.5. The first-order valence-corrected chi connectivity index (χ1v) is 7.42. The van der Waals surface area contributed by atoms with E-state index in [1.165, 1.54) is 25.7 Å². The Morgan fingerprint density at radius 1 is 1.42 bits per heavy atom. The van der Waals surface area contributed by atoms with Gasteiger partial charge in [-0.1, -0.05) is 25.4 Å². The minimum Gasteiger partial charge on any atom is -0.338 e. The second-order valence-corrected chi connectivity index (χ2v) is 5.71. The Labute approximate surface area is 115 Å². The van der Waals surface area contributed by atoms with Crippen LogP contribution in [0.3, 0.4) is 0 Å². The van der Waals surface area contributed by atoms with Crippen molar-refractivity contribution in [1.82, 2.24) is 20.4 Å². The lowest BCUT2D eigenvalue weighted by Crippen LogP contribution is -2.40. The first-order chi connectivity index (χ1) is 9.20. The maximum absolute atomic E-state index is 5.36. The molecule has 0 bridgehead atoms. The zero-order valence-corrected chi connectivity index (χ0v) is 12.4. The van der Waals surface area contributed by atoms with E-state index in [-0.39, 0.29) is 0 Å². The van der Waals surface area contributed by atoms with Gasteiger partial charge in [0.15, 0.2) is 5.82 Å². The van der Waals surface area contributed by atoms with Crippen molar-refractivity contribution in [3.63, 3.8) is 0 Å². The van der Waals surface area contributed by atoms with E-state index >= 15 is 0 Å². The molecule has 1 fully saturated rings. The lowest BCUT2D eigenvalue weighted by molar-refractivity contribution is 0.117. The Bertz CT molecular complexity index is 377. The predicted octanol–water partition coefficient (Wildman–Crippen LogP) is 2.16. The molecule has 0 aliphatic carbocycles. The van der Waals surface area contributed by atoms with Crippen LogP contribution >= 0.6 is 0 Å². The van der Waals surface area contributed by atoms with Crippen molar-refractivity contribution in [1.29, 1.82) is 0 Å².